The first-order valence-corrected chi connectivity index (χ1v) is 6.26. The maximum absolute atomic E-state index is 5.54. The van der Waals surface area contributed by atoms with Crippen LogP contribution in [-0.2, 0) is 0 Å². The first-order chi connectivity index (χ1) is 8.38. The third-order valence-electron chi connectivity index (χ3n) is 2.40. The Morgan fingerprint density at radius 2 is 2.41 bits per heavy atom. The van der Waals surface area contributed by atoms with Gasteiger partial charge in [-0.05, 0) is 18.7 Å². The van der Waals surface area contributed by atoms with Crippen molar-refractivity contribution in [3.63, 3.8) is 0 Å². The fraction of sp³-hybridized carbons (Fsp3) is 0.300. The van der Waals surface area contributed by atoms with Crippen LogP contribution in [0.15, 0.2) is 33.1 Å². The predicted molar refractivity (Wildman–Crippen MR) is 65.0 cm³/mol. The standard InChI is InChI=1S/C10H11N5OS/c11-4-3-7-6-17-10-13-12-9(15(10)14-7)8-2-1-5-16-8/h1-2,5H,3-4,6,11H2. The highest BCUT2D eigenvalue weighted by Gasteiger charge is 2.20. The maximum atomic E-state index is 5.54. The summed E-state index contributed by atoms with van der Waals surface area (Å²) in [7, 11) is 0. The average molecular weight is 249 g/mol. The molecule has 0 radical (unpaired) electrons. The lowest BCUT2D eigenvalue weighted by molar-refractivity contribution is 0.571. The van der Waals surface area contributed by atoms with Crippen molar-refractivity contribution in [1.29, 1.82) is 0 Å². The van der Waals surface area contributed by atoms with Gasteiger partial charge in [0.1, 0.15) is 0 Å². The minimum atomic E-state index is 0.604. The summed E-state index contributed by atoms with van der Waals surface area (Å²) in [6, 6.07) is 3.66. The van der Waals surface area contributed by atoms with Gasteiger partial charge in [0, 0.05) is 12.2 Å². The molecule has 2 N–H and O–H groups in total. The van der Waals surface area contributed by atoms with Gasteiger partial charge in [0.15, 0.2) is 5.76 Å². The summed E-state index contributed by atoms with van der Waals surface area (Å²) in [5.74, 6) is 2.13. The molecule has 0 aliphatic carbocycles. The quantitative estimate of drug-likeness (QED) is 0.883. The van der Waals surface area contributed by atoms with Crippen molar-refractivity contribution in [2.45, 2.75) is 11.6 Å². The van der Waals surface area contributed by atoms with Crippen molar-refractivity contribution in [3.8, 4) is 11.6 Å². The lowest BCUT2D eigenvalue weighted by Gasteiger charge is -2.12. The molecule has 2 aromatic heterocycles. The zero-order valence-corrected chi connectivity index (χ0v) is 9.85. The molecule has 3 rings (SSSR count). The van der Waals surface area contributed by atoms with Crippen LogP contribution in [0.3, 0.4) is 0 Å². The zero-order valence-electron chi connectivity index (χ0n) is 9.04. The molecule has 2 aromatic rings. The van der Waals surface area contributed by atoms with Crippen molar-refractivity contribution in [3.05, 3.63) is 18.4 Å². The smallest absolute Gasteiger partial charge is 0.221 e. The molecule has 7 heteroatoms. The van der Waals surface area contributed by atoms with Gasteiger partial charge in [-0.25, -0.2) is 0 Å². The Morgan fingerprint density at radius 3 is 3.18 bits per heavy atom. The van der Waals surface area contributed by atoms with Crippen LogP contribution in [0.2, 0.25) is 0 Å². The van der Waals surface area contributed by atoms with Crippen molar-refractivity contribution < 1.29 is 4.42 Å². The van der Waals surface area contributed by atoms with E-state index in [4.69, 9.17) is 10.2 Å². The number of rotatable bonds is 3. The molecule has 3 heterocycles. The van der Waals surface area contributed by atoms with Crippen LogP contribution in [0.5, 0.6) is 0 Å². The zero-order chi connectivity index (χ0) is 11.7. The highest BCUT2D eigenvalue weighted by atomic mass is 32.2. The summed E-state index contributed by atoms with van der Waals surface area (Å²) in [5.41, 5.74) is 6.59. The van der Waals surface area contributed by atoms with Gasteiger partial charge < -0.3 is 10.2 Å². The van der Waals surface area contributed by atoms with Crippen molar-refractivity contribution >= 4 is 17.5 Å². The minimum absolute atomic E-state index is 0.604. The van der Waals surface area contributed by atoms with E-state index in [9.17, 15) is 0 Å². The van der Waals surface area contributed by atoms with E-state index in [1.807, 2.05) is 12.1 Å². The molecule has 0 bridgehead atoms. The van der Waals surface area contributed by atoms with Gasteiger partial charge in [0.25, 0.3) is 0 Å². The fourth-order valence-corrected chi connectivity index (χ4v) is 2.46. The van der Waals surface area contributed by atoms with Gasteiger partial charge in [-0.1, -0.05) is 11.8 Å². The van der Waals surface area contributed by atoms with Crippen molar-refractivity contribution in [2.75, 3.05) is 12.3 Å². The molecule has 0 saturated heterocycles. The van der Waals surface area contributed by atoms with Crippen molar-refractivity contribution in [2.24, 2.45) is 10.8 Å². The molecule has 0 spiro atoms. The molecule has 0 amide bonds. The van der Waals surface area contributed by atoms with E-state index >= 15 is 0 Å². The molecule has 6 nitrogen and oxygen atoms in total. The van der Waals surface area contributed by atoms with Crippen LogP contribution in [0, 0.1) is 0 Å². The normalized spacial score (nSPS) is 14.5. The Hall–Kier alpha value is -1.60. The Bertz CT molecular complexity index is 545. The summed E-state index contributed by atoms with van der Waals surface area (Å²) >= 11 is 1.62. The van der Waals surface area contributed by atoms with Gasteiger partial charge >= 0.3 is 0 Å². The van der Waals surface area contributed by atoms with Crippen LogP contribution in [0.4, 0.5) is 0 Å². The van der Waals surface area contributed by atoms with Gasteiger partial charge in [-0.15, -0.1) is 10.2 Å². The summed E-state index contributed by atoms with van der Waals surface area (Å²) in [6.45, 7) is 0.604. The number of hydrogen-bond acceptors (Lipinski definition) is 6. The summed E-state index contributed by atoms with van der Waals surface area (Å²) < 4.78 is 7.03. The largest absolute Gasteiger partial charge is 0.461 e. The number of nitrogens with two attached hydrogens (primary N) is 1. The molecular weight excluding hydrogens is 238 g/mol. The van der Waals surface area contributed by atoms with E-state index in [1.165, 1.54) is 0 Å². The van der Waals surface area contributed by atoms with E-state index in [0.717, 1.165) is 23.0 Å². The second kappa shape index (κ2) is 4.34. The Balaban J connectivity index is 2.03. The molecular formula is C10H11N5OS. The fourth-order valence-electron chi connectivity index (χ4n) is 1.61. The Morgan fingerprint density at radius 1 is 1.47 bits per heavy atom. The van der Waals surface area contributed by atoms with E-state index in [0.29, 0.717) is 18.1 Å². The molecule has 0 unspecified atom stereocenters. The van der Waals surface area contributed by atoms with Gasteiger partial charge in [0.05, 0.1) is 12.0 Å². The lowest BCUT2D eigenvalue weighted by Crippen LogP contribution is -2.16. The van der Waals surface area contributed by atoms with Gasteiger partial charge in [0.2, 0.25) is 11.0 Å². The second-order valence-electron chi connectivity index (χ2n) is 3.59. The van der Waals surface area contributed by atoms with E-state index < -0.39 is 0 Å². The van der Waals surface area contributed by atoms with Gasteiger partial charge in [-0.2, -0.15) is 9.78 Å². The molecule has 1 aliphatic rings. The third-order valence-corrected chi connectivity index (χ3v) is 3.39. The van der Waals surface area contributed by atoms with E-state index in [-0.39, 0.29) is 0 Å². The molecule has 0 atom stereocenters. The van der Waals surface area contributed by atoms with Crippen LogP contribution < -0.4 is 5.73 Å². The Labute approximate surface area is 102 Å². The van der Waals surface area contributed by atoms with Crippen LogP contribution >= 0.6 is 11.8 Å². The molecule has 0 saturated carbocycles. The number of thioether (sulfide) groups is 1. The molecule has 1 aliphatic heterocycles. The minimum Gasteiger partial charge on any atom is -0.461 e. The average Bonchev–Trinajstić information content (AvgIpc) is 2.96. The molecule has 0 aromatic carbocycles. The molecule has 0 fully saturated rings. The van der Waals surface area contributed by atoms with Gasteiger partial charge in [-0.3, -0.25) is 0 Å². The molecule has 17 heavy (non-hydrogen) atoms. The monoisotopic (exact) mass is 249 g/mol. The third kappa shape index (κ3) is 1.87. The van der Waals surface area contributed by atoms with E-state index in [1.54, 1.807) is 22.7 Å². The molecule has 88 valence electrons. The van der Waals surface area contributed by atoms with Crippen molar-refractivity contribution in [1.82, 2.24) is 14.9 Å². The summed E-state index contributed by atoms with van der Waals surface area (Å²) in [4.78, 5) is 0. The second-order valence-corrected chi connectivity index (χ2v) is 4.53. The van der Waals surface area contributed by atoms with Crippen LogP contribution in [0.25, 0.3) is 11.6 Å². The predicted octanol–water partition coefficient (Wildman–Crippen LogP) is 1.20. The van der Waals surface area contributed by atoms with Crippen LogP contribution in [0.1, 0.15) is 6.42 Å². The number of fused-ring (bicyclic) bond motifs is 1. The first-order valence-electron chi connectivity index (χ1n) is 5.27. The maximum Gasteiger partial charge on any atom is 0.221 e. The number of furan rings is 1. The number of aromatic nitrogens is 3. The highest BCUT2D eigenvalue weighted by Crippen LogP contribution is 2.27. The first kappa shape index (κ1) is 10.5. The van der Waals surface area contributed by atoms with Crippen LogP contribution in [-0.4, -0.2) is 32.9 Å². The highest BCUT2D eigenvalue weighted by molar-refractivity contribution is 7.99. The lowest BCUT2D eigenvalue weighted by atomic mass is 10.3. The SMILES string of the molecule is NCCC1=Nn2c(nnc2-c2ccco2)SC1. The Kier molecular flexibility index (Phi) is 2.69. The number of hydrogen-bond donors (Lipinski definition) is 1. The summed E-state index contributed by atoms with van der Waals surface area (Å²) in [6.07, 6.45) is 2.40. The van der Waals surface area contributed by atoms with E-state index in [2.05, 4.69) is 15.3 Å². The summed E-state index contributed by atoms with van der Waals surface area (Å²) in [5, 5.41) is 13.5. The topological polar surface area (TPSA) is 82.2 Å². The number of nitrogens with zero attached hydrogens (tertiary/aromatic N) is 4.